The van der Waals surface area contributed by atoms with Crippen LogP contribution in [0.15, 0.2) is 60.7 Å². The van der Waals surface area contributed by atoms with Crippen molar-refractivity contribution in [1.82, 2.24) is 4.98 Å². The Balaban J connectivity index is 1.42. The van der Waals surface area contributed by atoms with Crippen molar-refractivity contribution in [3.05, 3.63) is 88.6 Å². The second kappa shape index (κ2) is 8.23. The number of pyridine rings is 1. The van der Waals surface area contributed by atoms with Gasteiger partial charge >= 0.3 is 0 Å². The quantitative estimate of drug-likeness (QED) is 0.251. The van der Waals surface area contributed by atoms with E-state index in [0.29, 0.717) is 12.3 Å². The summed E-state index contributed by atoms with van der Waals surface area (Å²) in [5.41, 5.74) is 11.2. The van der Waals surface area contributed by atoms with E-state index in [1.54, 1.807) is 0 Å². The molecule has 0 spiro atoms. The van der Waals surface area contributed by atoms with E-state index in [0.717, 1.165) is 28.5 Å². The molecule has 0 bridgehead atoms. The maximum absolute atomic E-state index is 14.0. The van der Waals surface area contributed by atoms with E-state index in [1.165, 1.54) is 64.8 Å². The predicted molar refractivity (Wildman–Crippen MR) is 143 cm³/mol. The number of alkyl halides is 2. The summed E-state index contributed by atoms with van der Waals surface area (Å²) in [5, 5.41) is 2.29. The lowest BCUT2D eigenvalue weighted by Gasteiger charge is -2.18. The van der Waals surface area contributed by atoms with E-state index < -0.39 is 5.92 Å². The average Bonchev–Trinajstić information content (AvgIpc) is 3.61. The summed E-state index contributed by atoms with van der Waals surface area (Å²) in [6.45, 7) is 2.17. The van der Waals surface area contributed by atoms with Crippen LogP contribution < -0.4 is 0 Å². The fraction of sp³-hybridized carbons (Fsp3) is 0.364. The van der Waals surface area contributed by atoms with Crippen LogP contribution in [0.5, 0.6) is 0 Å². The second-order valence-electron chi connectivity index (χ2n) is 11.3. The molecule has 0 amide bonds. The fourth-order valence-corrected chi connectivity index (χ4v) is 7.01. The third kappa shape index (κ3) is 3.67. The van der Waals surface area contributed by atoms with Gasteiger partial charge in [0.2, 0.25) is 5.92 Å². The first-order chi connectivity index (χ1) is 17.4. The summed E-state index contributed by atoms with van der Waals surface area (Å²) >= 11 is 0. The number of benzene rings is 3. The molecule has 0 saturated heterocycles. The van der Waals surface area contributed by atoms with Crippen LogP contribution >= 0.6 is 0 Å². The normalized spacial score (nSPS) is 20.7. The van der Waals surface area contributed by atoms with Gasteiger partial charge in [-0.2, -0.15) is 0 Å². The van der Waals surface area contributed by atoms with Crippen LogP contribution in [0, 0.1) is 6.92 Å². The minimum Gasteiger partial charge on any atom is -0.252 e. The molecular formula is C33H31F2N. The Kier molecular flexibility index (Phi) is 5.06. The minimum atomic E-state index is -2.53. The zero-order valence-corrected chi connectivity index (χ0v) is 20.8. The van der Waals surface area contributed by atoms with Crippen molar-refractivity contribution in [2.75, 3.05) is 0 Å². The van der Waals surface area contributed by atoms with E-state index in [1.807, 2.05) is 0 Å². The molecule has 3 heteroatoms. The molecule has 0 radical (unpaired) electrons. The van der Waals surface area contributed by atoms with Crippen LogP contribution in [0.1, 0.15) is 84.7 Å². The standard InChI is InChI=1S/C33H31F2N/c1-20-14-28-26-9-5-4-8-23(26)17-29(28)30(15-20)32-27-11-10-22(24-12-13-33(34,35)19-24)16-25(27)18-31(36-32)21-6-2-3-7-21/h4-5,8-11,14-16,18,21,24H,2-3,6-7,12-13,17,19H2,1H3. The summed E-state index contributed by atoms with van der Waals surface area (Å²) in [4.78, 5) is 5.36. The molecule has 1 nitrogen and oxygen atoms in total. The number of halogens is 2. The molecule has 182 valence electrons. The highest BCUT2D eigenvalue weighted by molar-refractivity contribution is 5.98. The van der Waals surface area contributed by atoms with Gasteiger partial charge in [0.25, 0.3) is 0 Å². The number of hydrogen-bond acceptors (Lipinski definition) is 1. The monoisotopic (exact) mass is 479 g/mol. The average molecular weight is 480 g/mol. The van der Waals surface area contributed by atoms with Gasteiger partial charge in [0.15, 0.2) is 0 Å². The van der Waals surface area contributed by atoms with Gasteiger partial charge in [0, 0.05) is 35.4 Å². The van der Waals surface area contributed by atoms with E-state index in [2.05, 4.69) is 67.6 Å². The first-order valence-corrected chi connectivity index (χ1v) is 13.5. The summed E-state index contributed by atoms with van der Waals surface area (Å²) < 4.78 is 28.0. The van der Waals surface area contributed by atoms with Crippen molar-refractivity contribution in [2.45, 2.75) is 76.0 Å². The van der Waals surface area contributed by atoms with Crippen LogP contribution in [-0.4, -0.2) is 10.9 Å². The zero-order valence-electron chi connectivity index (χ0n) is 20.8. The Morgan fingerprint density at radius 2 is 1.64 bits per heavy atom. The van der Waals surface area contributed by atoms with Crippen LogP contribution in [-0.2, 0) is 6.42 Å². The van der Waals surface area contributed by atoms with E-state index in [4.69, 9.17) is 4.98 Å². The fourth-order valence-electron chi connectivity index (χ4n) is 7.01. The van der Waals surface area contributed by atoms with E-state index in [-0.39, 0.29) is 18.8 Å². The number of aromatic nitrogens is 1. The predicted octanol–water partition coefficient (Wildman–Crippen LogP) is 9.34. The Bertz CT molecular complexity index is 1500. The van der Waals surface area contributed by atoms with Gasteiger partial charge in [0.1, 0.15) is 0 Å². The van der Waals surface area contributed by atoms with Crippen LogP contribution in [0.4, 0.5) is 8.78 Å². The van der Waals surface area contributed by atoms with Crippen molar-refractivity contribution in [3.8, 4) is 22.4 Å². The maximum atomic E-state index is 14.0. The molecule has 1 atom stereocenters. The second-order valence-corrected chi connectivity index (χ2v) is 11.3. The molecule has 0 N–H and O–H groups in total. The van der Waals surface area contributed by atoms with Crippen LogP contribution in [0.25, 0.3) is 33.2 Å². The first-order valence-electron chi connectivity index (χ1n) is 13.5. The summed E-state index contributed by atoms with van der Waals surface area (Å²) in [5.74, 6) is -2.11. The Hall–Kier alpha value is -3.07. The Labute approximate surface area is 211 Å². The number of rotatable bonds is 3. The minimum absolute atomic E-state index is 0.000607. The topological polar surface area (TPSA) is 12.9 Å². The van der Waals surface area contributed by atoms with Crippen molar-refractivity contribution in [1.29, 1.82) is 0 Å². The van der Waals surface area contributed by atoms with E-state index >= 15 is 0 Å². The van der Waals surface area contributed by atoms with Crippen molar-refractivity contribution in [3.63, 3.8) is 0 Å². The molecule has 1 heterocycles. The molecule has 2 saturated carbocycles. The van der Waals surface area contributed by atoms with Gasteiger partial charge in [-0.1, -0.05) is 61.4 Å². The van der Waals surface area contributed by atoms with Gasteiger partial charge in [-0.15, -0.1) is 0 Å². The largest absolute Gasteiger partial charge is 0.252 e. The Morgan fingerprint density at radius 3 is 2.44 bits per heavy atom. The first kappa shape index (κ1) is 22.2. The molecule has 3 aliphatic carbocycles. The van der Waals surface area contributed by atoms with Gasteiger partial charge in [0.05, 0.1) is 5.69 Å². The third-order valence-corrected chi connectivity index (χ3v) is 8.85. The summed E-state index contributed by atoms with van der Waals surface area (Å²) in [7, 11) is 0. The number of nitrogens with zero attached hydrogens (tertiary/aromatic N) is 1. The van der Waals surface area contributed by atoms with Gasteiger partial charge < -0.3 is 0 Å². The molecule has 3 aromatic carbocycles. The maximum Gasteiger partial charge on any atom is 0.248 e. The third-order valence-electron chi connectivity index (χ3n) is 8.85. The lowest BCUT2D eigenvalue weighted by Crippen LogP contribution is -2.09. The van der Waals surface area contributed by atoms with Crippen molar-refractivity contribution >= 4 is 10.8 Å². The molecular weight excluding hydrogens is 448 g/mol. The SMILES string of the molecule is Cc1cc2c(c(-c3nc(C4CCCC4)cc4cc(C5CCC(F)(F)C5)ccc34)c1)Cc1ccccc1-2. The molecule has 1 aromatic heterocycles. The molecule has 4 aromatic rings. The highest BCUT2D eigenvalue weighted by atomic mass is 19.3. The van der Waals surface area contributed by atoms with E-state index in [9.17, 15) is 8.78 Å². The highest BCUT2D eigenvalue weighted by Crippen LogP contribution is 2.47. The molecule has 7 rings (SSSR count). The Morgan fingerprint density at radius 1 is 0.833 bits per heavy atom. The summed E-state index contributed by atoms with van der Waals surface area (Å²) in [6.07, 6.45) is 6.34. The van der Waals surface area contributed by atoms with Crippen molar-refractivity contribution < 1.29 is 8.78 Å². The number of aryl methyl sites for hydroxylation is 1. The van der Waals surface area contributed by atoms with Crippen LogP contribution in [0.3, 0.4) is 0 Å². The zero-order chi connectivity index (χ0) is 24.4. The summed E-state index contributed by atoms with van der Waals surface area (Å²) in [6, 6.07) is 22.0. The molecule has 36 heavy (non-hydrogen) atoms. The lowest BCUT2D eigenvalue weighted by molar-refractivity contribution is 0.00777. The van der Waals surface area contributed by atoms with Crippen molar-refractivity contribution in [2.24, 2.45) is 0 Å². The highest BCUT2D eigenvalue weighted by Gasteiger charge is 2.40. The molecule has 3 aliphatic rings. The van der Waals surface area contributed by atoms with Gasteiger partial charge in [-0.25, -0.2) is 8.78 Å². The molecule has 1 unspecified atom stereocenters. The number of fused-ring (bicyclic) bond motifs is 4. The number of hydrogen-bond donors (Lipinski definition) is 0. The smallest absolute Gasteiger partial charge is 0.248 e. The molecule has 2 fully saturated rings. The van der Waals surface area contributed by atoms with Gasteiger partial charge in [-0.3, -0.25) is 4.98 Å². The van der Waals surface area contributed by atoms with Crippen LogP contribution in [0.2, 0.25) is 0 Å². The lowest BCUT2D eigenvalue weighted by atomic mass is 9.90. The van der Waals surface area contributed by atoms with Gasteiger partial charge in [-0.05, 0) is 89.4 Å². The molecule has 0 aliphatic heterocycles.